The number of ether oxygens (including phenoxy) is 2. The van der Waals surface area contributed by atoms with Gasteiger partial charge in [0.15, 0.2) is 12.4 Å². The third-order valence-electron chi connectivity index (χ3n) is 3.92. The van der Waals surface area contributed by atoms with E-state index >= 15 is 0 Å². The van der Waals surface area contributed by atoms with Crippen molar-refractivity contribution in [2.24, 2.45) is 0 Å². The zero-order valence-electron chi connectivity index (χ0n) is 15.4. The van der Waals surface area contributed by atoms with Crippen molar-refractivity contribution in [2.75, 3.05) is 13.7 Å². The minimum atomic E-state index is -0.663. The summed E-state index contributed by atoms with van der Waals surface area (Å²) in [6, 6.07) is 15.5. The van der Waals surface area contributed by atoms with Gasteiger partial charge in [0, 0.05) is 7.11 Å². The van der Waals surface area contributed by atoms with Crippen molar-refractivity contribution in [3.05, 3.63) is 71.3 Å². The molecule has 6 nitrogen and oxygen atoms in total. The van der Waals surface area contributed by atoms with E-state index in [1.807, 2.05) is 36.4 Å². The van der Waals surface area contributed by atoms with Gasteiger partial charge in [-0.05, 0) is 36.6 Å². The minimum absolute atomic E-state index is 0.161. The molecule has 2 rings (SSSR count). The normalized spacial score (nSPS) is 11.5. The van der Waals surface area contributed by atoms with E-state index in [9.17, 15) is 14.4 Å². The van der Waals surface area contributed by atoms with E-state index in [2.05, 4.69) is 5.32 Å². The molecule has 0 saturated heterocycles. The maximum Gasteiger partial charge on any atom is 0.338 e. The lowest BCUT2D eigenvalue weighted by atomic mass is 10.0. The van der Waals surface area contributed by atoms with Gasteiger partial charge in [-0.1, -0.05) is 42.5 Å². The average Bonchev–Trinajstić information content (AvgIpc) is 2.67. The predicted molar refractivity (Wildman–Crippen MR) is 100 cm³/mol. The van der Waals surface area contributed by atoms with E-state index in [-0.39, 0.29) is 5.78 Å². The van der Waals surface area contributed by atoms with E-state index in [0.717, 1.165) is 11.1 Å². The molecule has 0 aliphatic heterocycles. The summed E-state index contributed by atoms with van der Waals surface area (Å²) in [7, 11) is 1.57. The Morgan fingerprint density at radius 2 is 1.70 bits per heavy atom. The van der Waals surface area contributed by atoms with Crippen LogP contribution < -0.4 is 5.32 Å². The second-order valence-corrected chi connectivity index (χ2v) is 6.13. The SMILES string of the molecule is COCc1cccc(C(=O)OCC(=O)N[C@H](Cc2ccccc2)C(C)=O)c1. The van der Waals surface area contributed by atoms with Gasteiger partial charge in [0.25, 0.3) is 5.91 Å². The van der Waals surface area contributed by atoms with Crippen LogP contribution in [0, 0.1) is 0 Å². The topological polar surface area (TPSA) is 81.7 Å². The summed E-state index contributed by atoms with van der Waals surface area (Å²) >= 11 is 0. The first-order valence-electron chi connectivity index (χ1n) is 8.58. The summed E-state index contributed by atoms with van der Waals surface area (Å²) in [5.41, 5.74) is 2.10. The number of carbonyl (C=O) groups is 3. The smallest absolute Gasteiger partial charge is 0.338 e. The number of carbonyl (C=O) groups excluding carboxylic acids is 3. The zero-order chi connectivity index (χ0) is 19.6. The van der Waals surface area contributed by atoms with Gasteiger partial charge in [-0.15, -0.1) is 0 Å². The van der Waals surface area contributed by atoms with Crippen LogP contribution in [-0.4, -0.2) is 37.4 Å². The highest BCUT2D eigenvalue weighted by molar-refractivity contribution is 5.92. The molecule has 1 amide bonds. The van der Waals surface area contributed by atoms with Crippen LogP contribution in [0.25, 0.3) is 0 Å². The zero-order valence-corrected chi connectivity index (χ0v) is 15.4. The van der Waals surface area contributed by atoms with E-state index in [1.54, 1.807) is 25.3 Å². The number of benzene rings is 2. The fraction of sp³-hybridized carbons (Fsp3) is 0.286. The molecule has 0 heterocycles. The second kappa shape index (κ2) is 10.2. The van der Waals surface area contributed by atoms with Gasteiger partial charge in [0.2, 0.25) is 0 Å². The molecule has 2 aromatic carbocycles. The molecule has 142 valence electrons. The molecular weight excluding hydrogens is 346 g/mol. The third-order valence-corrected chi connectivity index (χ3v) is 3.92. The Morgan fingerprint density at radius 3 is 2.37 bits per heavy atom. The molecule has 6 heteroatoms. The number of hydrogen-bond donors (Lipinski definition) is 1. The van der Waals surface area contributed by atoms with Crippen molar-refractivity contribution in [2.45, 2.75) is 26.0 Å². The molecule has 0 aliphatic carbocycles. The van der Waals surface area contributed by atoms with Crippen molar-refractivity contribution in [3.63, 3.8) is 0 Å². The summed E-state index contributed by atoms with van der Waals surface area (Å²) in [5.74, 6) is -1.29. The molecule has 1 atom stereocenters. The van der Waals surface area contributed by atoms with Crippen LogP contribution in [0.4, 0.5) is 0 Å². The third kappa shape index (κ3) is 6.67. The summed E-state index contributed by atoms with van der Waals surface area (Å²) in [6.07, 6.45) is 0.384. The Morgan fingerprint density at radius 1 is 1.00 bits per heavy atom. The van der Waals surface area contributed by atoms with Crippen LogP contribution in [0.3, 0.4) is 0 Å². The molecule has 0 spiro atoms. The lowest BCUT2D eigenvalue weighted by Crippen LogP contribution is -2.43. The number of nitrogens with one attached hydrogen (secondary N) is 1. The Labute approximate surface area is 158 Å². The Balaban J connectivity index is 1.89. The van der Waals surface area contributed by atoms with Crippen molar-refractivity contribution >= 4 is 17.7 Å². The summed E-state index contributed by atoms with van der Waals surface area (Å²) in [5, 5.41) is 2.62. The molecule has 0 unspecified atom stereocenters. The highest BCUT2D eigenvalue weighted by atomic mass is 16.5. The van der Waals surface area contributed by atoms with Crippen LogP contribution in [0.1, 0.15) is 28.4 Å². The van der Waals surface area contributed by atoms with Crippen molar-refractivity contribution < 1.29 is 23.9 Å². The van der Waals surface area contributed by atoms with E-state index < -0.39 is 24.5 Å². The van der Waals surface area contributed by atoms with E-state index in [1.165, 1.54) is 6.92 Å². The molecular formula is C21H23NO5. The van der Waals surface area contributed by atoms with Gasteiger partial charge >= 0.3 is 5.97 Å². The quantitative estimate of drug-likeness (QED) is 0.686. The summed E-state index contributed by atoms with van der Waals surface area (Å²) in [4.78, 5) is 36.0. The molecule has 0 saturated carbocycles. The number of methoxy groups -OCH3 is 1. The van der Waals surface area contributed by atoms with Crippen LogP contribution in [0.5, 0.6) is 0 Å². The number of rotatable bonds is 9. The molecule has 27 heavy (non-hydrogen) atoms. The lowest BCUT2D eigenvalue weighted by Gasteiger charge is -2.16. The van der Waals surface area contributed by atoms with Gasteiger partial charge in [-0.3, -0.25) is 9.59 Å². The Bertz CT molecular complexity index is 788. The highest BCUT2D eigenvalue weighted by Gasteiger charge is 2.19. The molecule has 0 fully saturated rings. The van der Waals surface area contributed by atoms with Gasteiger partial charge in [-0.2, -0.15) is 0 Å². The Hall–Kier alpha value is -2.99. The predicted octanol–water partition coefficient (Wildman–Crippen LogP) is 2.31. The molecule has 1 N–H and O–H groups in total. The maximum absolute atomic E-state index is 12.1. The average molecular weight is 369 g/mol. The monoisotopic (exact) mass is 369 g/mol. The largest absolute Gasteiger partial charge is 0.452 e. The maximum atomic E-state index is 12.1. The highest BCUT2D eigenvalue weighted by Crippen LogP contribution is 2.08. The van der Waals surface area contributed by atoms with Crippen LogP contribution in [0.15, 0.2) is 54.6 Å². The van der Waals surface area contributed by atoms with Gasteiger partial charge in [0.1, 0.15) is 0 Å². The number of Topliss-reactive ketones (excluding diaryl/α,β-unsaturated/α-hetero) is 1. The number of ketones is 1. The second-order valence-electron chi connectivity index (χ2n) is 6.13. The molecule has 2 aromatic rings. The first-order valence-corrected chi connectivity index (χ1v) is 8.58. The van der Waals surface area contributed by atoms with Crippen LogP contribution in [-0.2, 0) is 32.1 Å². The van der Waals surface area contributed by atoms with Gasteiger partial charge in [-0.25, -0.2) is 4.79 Å². The molecule has 0 aliphatic rings. The standard InChI is InChI=1S/C21H23NO5/c1-15(23)19(12-16-7-4-3-5-8-16)22-20(24)14-27-21(25)18-10-6-9-17(11-18)13-26-2/h3-11,19H,12-14H2,1-2H3,(H,22,24)/t19-/m1/s1. The summed E-state index contributed by atoms with van der Waals surface area (Å²) < 4.78 is 10.1. The van der Waals surface area contributed by atoms with Crippen LogP contribution in [0.2, 0.25) is 0 Å². The van der Waals surface area contributed by atoms with Crippen molar-refractivity contribution in [1.29, 1.82) is 0 Å². The van der Waals surface area contributed by atoms with Crippen LogP contribution >= 0.6 is 0 Å². The fourth-order valence-corrected chi connectivity index (χ4v) is 2.55. The van der Waals surface area contributed by atoms with Crippen molar-refractivity contribution in [1.82, 2.24) is 5.32 Å². The fourth-order valence-electron chi connectivity index (χ4n) is 2.55. The minimum Gasteiger partial charge on any atom is -0.452 e. The van der Waals surface area contributed by atoms with Gasteiger partial charge in [0.05, 0.1) is 18.2 Å². The molecule has 0 bridgehead atoms. The molecule has 0 radical (unpaired) electrons. The lowest BCUT2D eigenvalue weighted by molar-refractivity contribution is -0.128. The molecule has 0 aromatic heterocycles. The van der Waals surface area contributed by atoms with Gasteiger partial charge < -0.3 is 14.8 Å². The van der Waals surface area contributed by atoms with E-state index in [4.69, 9.17) is 9.47 Å². The number of esters is 1. The number of amides is 1. The first kappa shape index (κ1) is 20.3. The summed E-state index contributed by atoms with van der Waals surface area (Å²) in [6.45, 7) is 1.34. The van der Waals surface area contributed by atoms with Crippen molar-refractivity contribution in [3.8, 4) is 0 Å². The van der Waals surface area contributed by atoms with E-state index in [0.29, 0.717) is 18.6 Å². The number of hydrogen-bond acceptors (Lipinski definition) is 5. The first-order chi connectivity index (χ1) is 13.0. The Kier molecular flexibility index (Phi) is 7.70.